The number of rotatable bonds is 6. The first kappa shape index (κ1) is 14.0. The third-order valence-corrected chi connectivity index (χ3v) is 4.72. The lowest BCUT2D eigenvalue weighted by Gasteiger charge is -2.07. The molecule has 0 aliphatic rings. The Labute approximate surface area is 130 Å². The van der Waals surface area contributed by atoms with Crippen molar-refractivity contribution >= 4 is 34.7 Å². The number of aromatic amines is 1. The second kappa shape index (κ2) is 6.64. The monoisotopic (exact) mass is 318 g/mol. The zero-order valence-corrected chi connectivity index (χ0v) is 13.0. The van der Waals surface area contributed by atoms with Gasteiger partial charge in [-0.2, -0.15) is 4.98 Å². The molecule has 3 aromatic rings. The van der Waals surface area contributed by atoms with E-state index in [1.54, 1.807) is 30.2 Å². The highest BCUT2D eigenvalue weighted by Crippen LogP contribution is 2.27. The zero-order chi connectivity index (χ0) is 14.5. The Hall–Kier alpha value is -1.99. The molecule has 3 rings (SSSR count). The first-order valence-corrected chi connectivity index (χ1v) is 8.19. The van der Waals surface area contributed by atoms with Crippen LogP contribution in [0.15, 0.2) is 46.9 Å². The van der Waals surface area contributed by atoms with Crippen molar-refractivity contribution in [2.24, 2.45) is 0 Å². The van der Waals surface area contributed by atoms with Crippen LogP contribution in [0.2, 0.25) is 0 Å². The maximum atomic E-state index is 5.29. The van der Waals surface area contributed by atoms with E-state index in [4.69, 9.17) is 4.74 Å². The Morgan fingerprint density at radius 3 is 3.00 bits per heavy atom. The summed E-state index contributed by atoms with van der Waals surface area (Å²) in [5.41, 5.74) is 0.841. The van der Waals surface area contributed by atoms with Gasteiger partial charge in [-0.05, 0) is 23.6 Å². The fourth-order valence-electron chi connectivity index (χ4n) is 1.77. The van der Waals surface area contributed by atoms with Crippen LogP contribution in [0.1, 0.15) is 4.88 Å². The molecule has 108 valence electrons. The summed E-state index contributed by atoms with van der Waals surface area (Å²) in [6.45, 7) is 0. The number of hydrogen-bond donors (Lipinski definition) is 2. The lowest BCUT2D eigenvalue weighted by Crippen LogP contribution is -1.95. The Morgan fingerprint density at radius 1 is 1.29 bits per heavy atom. The van der Waals surface area contributed by atoms with Crippen LogP contribution in [0.4, 0.5) is 11.6 Å². The van der Waals surface area contributed by atoms with Crippen LogP contribution in [-0.2, 0) is 5.75 Å². The molecule has 0 radical (unpaired) electrons. The van der Waals surface area contributed by atoms with Crippen molar-refractivity contribution in [3.8, 4) is 5.75 Å². The van der Waals surface area contributed by atoms with E-state index < -0.39 is 0 Å². The predicted molar refractivity (Wildman–Crippen MR) is 86.5 cm³/mol. The third kappa shape index (κ3) is 3.56. The van der Waals surface area contributed by atoms with Crippen molar-refractivity contribution in [3.63, 3.8) is 0 Å². The van der Waals surface area contributed by atoms with Crippen molar-refractivity contribution in [3.05, 3.63) is 46.7 Å². The Bertz CT molecular complexity index is 697. The molecular weight excluding hydrogens is 304 g/mol. The van der Waals surface area contributed by atoms with Crippen LogP contribution in [0, 0.1) is 0 Å². The Kier molecular flexibility index (Phi) is 4.42. The normalized spacial score (nSPS) is 10.5. The van der Waals surface area contributed by atoms with Gasteiger partial charge in [0, 0.05) is 10.6 Å². The van der Waals surface area contributed by atoms with Gasteiger partial charge >= 0.3 is 0 Å². The molecule has 0 fully saturated rings. The van der Waals surface area contributed by atoms with E-state index in [9.17, 15) is 0 Å². The van der Waals surface area contributed by atoms with Crippen molar-refractivity contribution in [1.82, 2.24) is 15.2 Å². The number of nitrogens with zero attached hydrogens (tertiary/aromatic N) is 2. The molecule has 0 amide bonds. The first-order valence-electron chi connectivity index (χ1n) is 6.33. The van der Waals surface area contributed by atoms with E-state index in [0.717, 1.165) is 22.3 Å². The van der Waals surface area contributed by atoms with Crippen LogP contribution in [0.25, 0.3) is 0 Å². The van der Waals surface area contributed by atoms with E-state index in [1.807, 2.05) is 24.3 Å². The molecule has 0 saturated heterocycles. The van der Waals surface area contributed by atoms with Crippen molar-refractivity contribution in [2.45, 2.75) is 10.9 Å². The highest BCUT2D eigenvalue weighted by atomic mass is 32.2. The zero-order valence-electron chi connectivity index (χ0n) is 11.4. The summed E-state index contributed by atoms with van der Waals surface area (Å²) in [4.78, 5) is 5.73. The average molecular weight is 318 g/mol. The molecule has 0 aliphatic heterocycles. The number of nitrogens with one attached hydrogen (secondary N) is 2. The molecule has 0 atom stereocenters. The number of thioether (sulfide) groups is 1. The SMILES string of the molecule is COc1ccccc1Nc1n[nH]c(SCc2cccs2)n1. The van der Waals surface area contributed by atoms with Gasteiger partial charge in [-0.1, -0.05) is 30.0 Å². The van der Waals surface area contributed by atoms with Gasteiger partial charge in [0.1, 0.15) is 5.75 Å². The number of para-hydroxylation sites is 2. The minimum absolute atomic E-state index is 0.535. The number of aromatic nitrogens is 3. The van der Waals surface area contributed by atoms with Crippen LogP contribution >= 0.6 is 23.1 Å². The molecule has 21 heavy (non-hydrogen) atoms. The number of methoxy groups -OCH3 is 1. The number of thiophene rings is 1. The standard InChI is InChI=1S/C14H14N4OS2/c1-19-12-7-3-2-6-11(12)15-13-16-14(18-17-13)21-9-10-5-4-8-20-10/h2-8H,9H2,1H3,(H2,15,16,17,18). The van der Waals surface area contributed by atoms with Crippen LogP contribution in [0.3, 0.4) is 0 Å². The van der Waals surface area contributed by atoms with Crippen LogP contribution in [0.5, 0.6) is 5.75 Å². The maximum absolute atomic E-state index is 5.29. The van der Waals surface area contributed by atoms with Gasteiger partial charge in [0.15, 0.2) is 5.16 Å². The second-order valence-electron chi connectivity index (χ2n) is 4.16. The molecule has 5 nitrogen and oxygen atoms in total. The van der Waals surface area contributed by atoms with Gasteiger partial charge in [-0.3, -0.25) is 5.10 Å². The highest BCUT2D eigenvalue weighted by molar-refractivity contribution is 7.98. The fraction of sp³-hybridized carbons (Fsp3) is 0.143. The predicted octanol–water partition coefficient (Wildman–Crippen LogP) is 3.91. The minimum atomic E-state index is 0.535. The van der Waals surface area contributed by atoms with Crippen molar-refractivity contribution < 1.29 is 4.74 Å². The Balaban J connectivity index is 1.64. The topological polar surface area (TPSA) is 62.8 Å². The molecular formula is C14H14N4OS2. The smallest absolute Gasteiger partial charge is 0.247 e. The lowest BCUT2D eigenvalue weighted by atomic mass is 10.3. The summed E-state index contributed by atoms with van der Waals surface area (Å²) in [7, 11) is 1.64. The van der Waals surface area contributed by atoms with Gasteiger partial charge in [0.25, 0.3) is 0 Å². The van der Waals surface area contributed by atoms with Crippen molar-refractivity contribution in [1.29, 1.82) is 0 Å². The third-order valence-electron chi connectivity index (χ3n) is 2.75. The van der Waals surface area contributed by atoms with Gasteiger partial charge in [-0.25, -0.2) is 0 Å². The lowest BCUT2D eigenvalue weighted by molar-refractivity contribution is 0.417. The summed E-state index contributed by atoms with van der Waals surface area (Å²) in [5.74, 6) is 2.18. The summed E-state index contributed by atoms with van der Waals surface area (Å²) in [6.07, 6.45) is 0. The molecule has 2 heterocycles. The summed E-state index contributed by atoms with van der Waals surface area (Å²) >= 11 is 3.37. The van der Waals surface area contributed by atoms with Crippen molar-refractivity contribution in [2.75, 3.05) is 12.4 Å². The second-order valence-corrected chi connectivity index (χ2v) is 6.15. The quantitative estimate of drug-likeness (QED) is 0.675. The average Bonchev–Trinajstić information content (AvgIpc) is 3.17. The van der Waals surface area contributed by atoms with Gasteiger partial charge < -0.3 is 10.1 Å². The number of hydrogen-bond acceptors (Lipinski definition) is 6. The molecule has 1 aromatic carbocycles. The molecule has 2 N–H and O–H groups in total. The molecule has 0 aliphatic carbocycles. The molecule has 2 aromatic heterocycles. The van der Waals surface area contributed by atoms with E-state index in [1.165, 1.54) is 4.88 Å². The first-order chi connectivity index (χ1) is 10.3. The molecule has 0 saturated carbocycles. The molecule has 0 spiro atoms. The number of ether oxygens (including phenoxy) is 1. The minimum Gasteiger partial charge on any atom is -0.495 e. The fourth-order valence-corrected chi connectivity index (χ4v) is 3.34. The van der Waals surface area contributed by atoms with Gasteiger partial charge in [-0.15, -0.1) is 16.4 Å². The van der Waals surface area contributed by atoms with E-state index in [2.05, 4.69) is 38.0 Å². The summed E-state index contributed by atoms with van der Waals surface area (Å²) < 4.78 is 5.29. The van der Waals surface area contributed by atoms with E-state index >= 15 is 0 Å². The van der Waals surface area contributed by atoms with Gasteiger partial charge in [0.2, 0.25) is 5.95 Å². The van der Waals surface area contributed by atoms with E-state index in [-0.39, 0.29) is 0 Å². The van der Waals surface area contributed by atoms with Crippen LogP contribution in [-0.4, -0.2) is 22.3 Å². The highest BCUT2D eigenvalue weighted by Gasteiger charge is 2.07. The van der Waals surface area contributed by atoms with E-state index in [0.29, 0.717) is 5.95 Å². The summed E-state index contributed by atoms with van der Waals surface area (Å²) in [5, 5.41) is 13.1. The van der Waals surface area contributed by atoms with Crippen LogP contribution < -0.4 is 10.1 Å². The largest absolute Gasteiger partial charge is 0.495 e. The number of benzene rings is 1. The number of H-pyrrole nitrogens is 1. The maximum Gasteiger partial charge on any atom is 0.247 e. The summed E-state index contributed by atoms with van der Waals surface area (Å²) in [6, 6.07) is 11.8. The Morgan fingerprint density at radius 2 is 2.19 bits per heavy atom. The molecule has 7 heteroatoms. The molecule has 0 bridgehead atoms. The molecule has 0 unspecified atom stereocenters. The number of anilines is 2. The van der Waals surface area contributed by atoms with Gasteiger partial charge in [0.05, 0.1) is 12.8 Å².